The SMILES string of the molecule is CN1CCN(CC2(CBr)CCCCCC2)c2ccccc21. The van der Waals surface area contributed by atoms with E-state index in [0.717, 1.165) is 18.4 Å². The molecule has 2 aliphatic rings. The van der Waals surface area contributed by atoms with Crippen LogP contribution in [0.25, 0.3) is 0 Å². The lowest BCUT2D eigenvalue weighted by Gasteiger charge is -2.43. The third-order valence-corrected chi connectivity index (χ3v) is 6.50. The van der Waals surface area contributed by atoms with Gasteiger partial charge in [0.05, 0.1) is 11.4 Å². The molecule has 1 aliphatic carbocycles. The maximum atomic E-state index is 3.84. The zero-order valence-electron chi connectivity index (χ0n) is 13.2. The highest BCUT2D eigenvalue weighted by molar-refractivity contribution is 9.09. The molecule has 0 N–H and O–H groups in total. The molecule has 3 rings (SSSR count). The molecular weight excluding hydrogens is 324 g/mol. The number of halogens is 1. The van der Waals surface area contributed by atoms with Crippen LogP contribution in [0.1, 0.15) is 38.5 Å². The summed E-state index contributed by atoms with van der Waals surface area (Å²) in [4.78, 5) is 5.03. The lowest BCUT2D eigenvalue weighted by atomic mass is 9.81. The molecular formula is C18H27BrN2. The first-order valence-electron chi connectivity index (χ1n) is 8.35. The molecule has 1 fully saturated rings. The van der Waals surface area contributed by atoms with Crippen molar-refractivity contribution in [3.05, 3.63) is 24.3 Å². The van der Waals surface area contributed by atoms with E-state index in [0.29, 0.717) is 5.41 Å². The van der Waals surface area contributed by atoms with Crippen molar-refractivity contribution in [3.63, 3.8) is 0 Å². The summed E-state index contributed by atoms with van der Waals surface area (Å²) in [5.74, 6) is 0. The highest BCUT2D eigenvalue weighted by Gasteiger charge is 2.33. The van der Waals surface area contributed by atoms with Crippen molar-refractivity contribution in [2.24, 2.45) is 5.41 Å². The molecule has 21 heavy (non-hydrogen) atoms. The van der Waals surface area contributed by atoms with Crippen molar-refractivity contribution in [3.8, 4) is 0 Å². The van der Waals surface area contributed by atoms with Crippen LogP contribution >= 0.6 is 15.9 Å². The van der Waals surface area contributed by atoms with Crippen molar-refractivity contribution < 1.29 is 0 Å². The molecule has 0 unspecified atom stereocenters. The van der Waals surface area contributed by atoms with Crippen LogP contribution in [0.15, 0.2) is 24.3 Å². The second-order valence-electron chi connectivity index (χ2n) is 6.88. The van der Waals surface area contributed by atoms with Crippen molar-refractivity contribution in [1.29, 1.82) is 0 Å². The third-order valence-electron chi connectivity index (χ3n) is 5.31. The van der Waals surface area contributed by atoms with Gasteiger partial charge in [-0.05, 0) is 30.4 Å². The predicted molar refractivity (Wildman–Crippen MR) is 95.9 cm³/mol. The number of para-hydroxylation sites is 2. The van der Waals surface area contributed by atoms with E-state index in [2.05, 4.69) is 57.0 Å². The lowest BCUT2D eigenvalue weighted by molar-refractivity contribution is 0.290. The summed E-state index contributed by atoms with van der Waals surface area (Å²) in [6.45, 7) is 3.50. The van der Waals surface area contributed by atoms with Gasteiger partial charge in [0.25, 0.3) is 0 Å². The Kier molecular flexibility index (Phi) is 4.78. The summed E-state index contributed by atoms with van der Waals surface area (Å²) in [5, 5.41) is 1.15. The summed E-state index contributed by atoms with van der Waals surface area (Å²) in [6.07, 6.45) is 8.42. The summed E-state index contributed by atoms with van der Waals surface area (Å²) >= 11 is 3.84. The summed E-state index contributed by atoms with van der Waals surface area (Å²) in [5.41, 5.74) is 3.29. The normalized spacial score (nSPS) is 21.8. The number of hydrogen-bond acceptors (Lipinski definition) is 2. The van der Waals surface area contributed by atoms with E-state index in [9.17, 15) is 0 Å². The Bertz CT molecular complexity index is 466. The molecule has 3 heteroatoms. The molecule has 0 bridgehead atoms. The average molecular weight is 351 g/mol. The van der Waals surface area contributed by atoms with Gasteiger partial charge >= 0.3 is 0 Å². The van der Waals surface area contributed by atoms with Gasteiger partial charge in [0.2, 0.25) is 0 Å². The van der Waals surface area contributed by atoms with Crippen molar-refractivity contribution in [2.45, 2.75) is 38.5 Å². The molecule has 1 aliphatic heterocycles. The van der Waals surface area contributed by atoms with Gasteiger partial charge in [-0.25, -0.2) is 0 Å². The molecule has 0 spiro atoms. The molecule has 0 saturated heterocycles. The van der Waals surface area contributed by atoms with Crippen LogP contribution in [0.4, 0.5) is 11.4 Å². The zero-order valence-corrected chi connectivity index (χ0v) is 14.7. The Hall–Kier alpha value is -0.700. The van der Waals surface area contributed by atoms with Crippen LogP contribution in [0.3, 0.4) is 0 Å². The third kappa shape index (κ3) is 3.23. The van der Waals surface area contributed by atoms with E-state index < -0.39 is 0 Å². The smallest absolute Gasteiger partial charge is 0.0604 e. The predicted octanol–water partition coefficient (Wildman–Crippen LogP) is 4.68. The van der Waals surface area contributed by atoms with Crippen LogP contribution in [0.5, 0.6) is 0 Å². The Labute approximate surface area is 137 Å². The first-order chi connectivity index (χ1) is 10.2. The topological polar surface area (TPSA) is 6.48 Å². The fourth-order valence-corrected chi connectivity index (χ4v) is 4.69. The van der Waals surface area contributed by atoms with Crippen LogP contribution in [0, 0.1) is 5.41 Å². The number of fused-ring (bicyclic) bond motifs is 1. The minimum Gasteiger partial charge on any atom is -0.371 e. The number of hydrogen-bond donors (Lipinski definition) is 0. The minimum absolute atomic E-state index is 0.472. The monoisotopic (exact) mass is 350 g/mol. The molecule has 1 saturated carbocycles. The highest BCUT2D eigenvalue weighted by atomic mass is 79.9. The van der Waals surface area contributed by atoms with Gasteiger partial charge in [-0.1, -0.05) is 53.7 Å². The average Bonchev–Trinajstić information content (AvgIpc) is 2.77. The molecule has 0 atom stereocenters. The number of rotatable bonds is 3. The van der Waals surface area contributed by atoms with Gasteiger partial charge in [0.15, 0.2) is 0 Å². The van der Waals surface area contributed by atoms with Gasteiger partial charge < -0.3 is 9.80 Å². The number of alkyl halides is 1. The van der Waals surface area contributed by atoms with Crippen LogP contribution in [-0.4, -0.2) is 32.0 Å². The van der Waals surface area contributed by atoms with E-state index in [-0.39, 0.29) is 0 Å². The van der Waals surface area contributed by atoms with E-state index in [4.69, 9.17) is 0 Å². The maximum Gasteiger partial charge on any atom is 0.0604 e. The van der Waals surface area contributed by atoms with Gasteiger partial charge in [-0.2, -0.15) is 0 Å². The molecule has 1 aromatic carbocycles. The molecule has 0 aromatic heterocycles. The first kappa shape index (κ1) is 15.2. The number of likely N-dealkylation sites (N-methyl/N-ethyl adjacent to an activating group) is 1. The van der Waals surface area contributed by atoms with E-state index in [1.54, 1.807) is 0 Å². The second-order valence-corrected chi connectivity index (χ2v) is 7.44. The van der Waals surface area contributed by atoms with Crippen LogP contribution in [-0.2, 0) is 0 Å². The van der Waals surface area contributed by atoms with Gasteiger partial charge in [0, 0.05) is 32.0 Å². The molecule has 2 nitrogen and oxygen atoms in total. The fourth-order valence-electron chi connectivity index (χ4n) is 3.95. The molecule has 1 aromatic rings. The van der Waals surface area contributed by atoms with Crippen molar-refractivity contribution in [1.82, 2.24) is 0 Å². The Balaban J connectivity index is 1.82. The quantitative estimate of drug-likeness (QED) is 0.576. The van der Waals surface area contributed by atoms with Crippen molar-refractivity contribution >= 4 is 27.3 Å². The van der Waals surface area contributed by atoms with Gasteiger partial charge in [0.1, 0.15) is 0 Å². The van der Waals surface area contributed by atoms with E-state index in [1.807, 2.05) is 0 Å². The molecule has 0 amide bonds. The Morgan fingerprint density at radius 2 is 1.67 bits per heavy atom. The summed E-state index contributed by atoms with van der Waals surface area (Å²) in [7, 11) is 2.21. The number of nitrogens with zero attached hydrogens (tertiary/aromatic N) is 2. The zero-order chi connectivity index (χ0) is 14.7. The summed E-state index contributed by atoms with van der Waals surface area (Å²) < 4.78 is 0. The first-order valence-corrected chi connectivity index (χ1v) is 9.47. The van der Waals surface area contributed by atoms with Gasteiger partial charge in [-0.3, -0.25) is 0 Å². The molecule has 0 radical (unpaired) electrons. The summed E-state index contributed by atoms with van der Waals surface area (Å²) in [6, 6.07) is 8.89. The van der Waals surface area contributed by atoms with Crippen LogP contribution < -0.4 is 9.80 Å². The molecule has 1 heterocycles. The van der Waals surface area contributed by atoms with E-state index >= 15 is 0 Å². The molecule has 116 valence electrons. The van der Waals surface area contributed by atoms with Crippen molar-refractivity contribution in [2.75, 3.05) is 41.8 Å². The maximum absolute atomic E-state index is 3.84. The fraction of sp³-hybridized carbons (Fsp3) is 0.667. The Morgan fingerprint density at radius 1 is 1.00 bits per heavy atom. The standard InChI is InChI=1S/C18H27BrN2/c1-20-12-13-21(17-9-5-4-8-16(17)20)15-18(14-19)10-6-2-3-7-11-18/h4-5,8-9H,2-3,6-7,10-15H2,1H3. The second kappa shape index (κ2) is 6.60. The van der Waals surface area contributed by atoms with Crippen LogP contribution in [0.2, 0.25) is 0 Å². The minimum atomic E-state index is 0.472. The van der Waals surface area contributed by atoms with E-state index in [1.165, 1.54) is 56.4 Å². The Morgan fingerprint density at radius 3 is 2.33 bits per heavy atom. The largest absolute Gasteiger partial charge is 0.371 e. The lowest BCUT2D eigenvalue weighted by Crippen LogP contribution is -2.45. The number of anilines is 2. The number of benzene rings is 1. The highest BCUT2D eigenvalue weighted by Crippen LogP contribution is 2.40. The van der Waals surface area contributed by atoms with Gasteiger partial charge in [-0.15, -0.1) is 0 Å².